The molecule has 9 heteroatoms. The first-order chi connectivity index (χ1) is 17.9. The molecule has 2 amide bonds. The first-order valence-corrected chi connectivity index (χ1v) is 12.8. The number of hydrogen-bond acceptors (Lipinski definition) is 6. The van der Waals surface area contributed by atoms with Gasteiger partial charge < -0.3 is 30.2 Å². The fourth-order valence-corrected chi connectivity index (χ4v) is 5.25. The predicted octanol–water partition coefficient (Wildman–Crippen LogP) is 3.57. The van der Waals surface area contributed by atoms with Gasteiger partial charge in [-0.1, -0.05) is 42.0 Å². The maximum atomic E-state index is 15.3. The third-order valence-corrected chi connectivity index (χ3v) is 7.08. The van der Waals surface area contributed by atoms with Gasteiger partial charge in [-0.25, -0.2) is 9.18 Å². The van der Waals surface area contributed by atoms with Gasteiger partial charge in [-0.2, -0.15) is 0 Å². The van der Waals surface area contributed by atoms with Crippen LogP contribution in [0.25, 0.3) is 11.1 Å². The van der Waals surface area contributed by atoms with Crippen molar-refractivity contribution < 1.29 is 28.2 Å². The monoisotopic (exact) mass is 513 g/mol. The zero-order valence-corrected chi connectivity index (χ0v) is 21.5. The number of nitrogens with zero attached hydrogens (tertiary/aromatic N) is 1. The van der Waals surface area contributed by atoms with Crippen LogP contribution < -0.4 is 11.1 Å². The molecule has 200 valence electrons. The molecule has 4 atom stereocenters. The first kappa shape index (κ1) is 27.0. The molecule has 2 aromatic carbocycles. The van der Waals surface area contributed by atoms with Crippen LogP contribution in [0.3, 0.4) is 0 Å². The van der Waals surface area contributed by atoms with Crippen molar-refractivity contribution in [3.8, 4) is 11.1 Å². The quantitative estimate of drug-likeness (QED) is 0.523. The standard InChI is InChI=1S/C28H36FN3O5/c1-18-5-3-6-19(15-18)25-22(7-4-8-23(25)29)26(37-13-11-31-28(34)35-2)24-17-32(12-14-36-24)27(33)20-9-10-21(30)16-20/h3-8,15,20-21,24,26H,9-14,16-17,30H2,1-2H3,(H,31,34)/t20-,21+,24?,26+/m1/s1. The molecule has 37 heavy (non-hydrogen) atoms. The van der Waals surface area contributed by atoms with Crippen LogP contribution in [0.1, 0.15) is 36.5 Å². The topological polar surface area (TPSA) is 103 Å². The number of halogens is 1. The molecule has 2 aromatic rings. The van der Waals surface area contributed by atoms with Crippen molar-refractivity contribution in [2.45, 2.75) is 44.4 Å². The smallest absolute Gasteiger partial charge is 0.406 e. The molecular formula is C28H36FN3O5. The van der Waals surface area contributed by atoms with Crippen molar-refractivity contribution in [1.29, 1.82) is 0 Å². The second kappa shape index (κ2) is 12.5. The summed E-state index contributed by atoms with van der Waals surface area (Å²) in [6.07, 6.45) is 0.589. The number of morpholine rings is 1. The molecule has 0 aromatic heterocycles. The number of nitrogens with one attached hydrogen (secondary N) is 1. The Kier molecular flexibility index (Phi) is 9.13. The van der Waals surface area contributed by atoms with Gasteiger partial charge in [-0.15, -0.1) is 0 Å². The maximum absolute atomic E-state index is 15.3. The number of alkyl carbamates (subject to hydrolysis) is 1. The Balaban J connectivity index is 1.61. The summed E-state index contributed by atoms with van der Waals surface area (Å²) in [7, 11) is 1.29. The molecule has 1 heterocycles. The highest BCUT2D eigenvalue weighted by molar-refractivity contribution is 5.79. The Labute approximate surface area is 217 Å². The van der Waals surface area contributed by atoms with Gasteiger partial charge in [0.25, 0.3) is 0 Å². The van der Waals surface area contributed by atoms with E-state index in [1.54, 1.807) is 6.07 Å². The minimum absolute atomic E-state index is 0.0633. The first-order valence-electron chi connectivity index (χ1n) is 12.8. The van der Waals surface area contributed by atoms with Crippen LogP contribution in [0.4, 0.5) is 9.18 Å². The normalized spacial score (nSPS) is 22.5. The van der Waals surface area contributed by atoms with Crippen LogP contribution in [-0.4, -0.2) is 69.0 Å². The minimum Gasteiger partial charge on any atom is -0.453 e. The Bertz CT molecular complexity index is 1100. The van der Waals surface area contributed by atoms with Crippen LogP contribution in [-0.2, 0) is 19.0 Å². The van der Waals surface area contributed by atoms with Crippen molar-refractivity contribution in [2.24, 2.45) is 11.7 Å². The molecule has 1 unspecified atom stereocenters. The molecule has 1 saturated heterocycles. The van der Waals surface area contributed by atoms with Crippen LogP contribution in [0, 0.1) is 18.7 Å². The lowest BCUT2D eigenvalue weighted by Gasteiger charge is -2.38. The number of ether oxygens (including phenoxy) is 3. The average Bonchev–Trinajstić information content (AvgIpc) is 3.34. The van der Waals surface area contributed by atoms with Crippen LogP contribution in [0.15, 0.2) is 42.5 Å². The van der Waals surface area contributed by atoms with Gasteiger partial charge in [0, 0.05) is 37.2 Å². The summed E-state index contributed by atoms with van der Waals surface area (Å²) >= 11 is 0. The van der Waals surface area contributed by atoms with E-state index in [0.29, 0.717) is 37.2 Å². The van der Waals surface area contributed by atoms with Crippen LogP contribution >= 0.6 is 0 Å². The van der Waals surface area contributed by atoms with Crippen molar-refractivity contribution in [3.05, 3.63) is 59.4 Å². The molecule has 1 saturated carbocycles. The Morgan fingerprint density at radius 2 is 2.05 bits per heavy atom. The average molecular weight is 514 g/mol. The Morgan fingerprint density at radius 1 is 1.24 bits per heavy atom. The van der Waals surface area contributed by atoms with Gasteiger partial charge in [0.1, 0.15) is 18.0 Å². The number of carbonyl (C=O) groups is 2. The molecule has 4 rings (SSSR count). The van der Waals surface area contributed by atoms with E-state index in [9.17, 15) is 9.59 Å². The fraction of sp³-hybridized carbons (Fsp3) is 0.500. The van der Waals surface area contributed by atoms with Crippen molar-refractivity contribution in [2.75, 3.05) is 40.0 Å². The summed E-state index contributed by atoms with van der Waals surface area (Å²) in [5.74, 6) is -0.354. The number of nitrogens with two attached hydrogens (primary N) is 1. The lowest BCUT2D eigenvalue weighted by atomic mass is 9.91. The highest BCUT2D eigenvalue weighted by Gasteiger charge is 2.37. The number of benzene rings is 2. The SMILES string of the molecule is COC(=O)NCCO[C@@H](c1cccc(F)c1-c1cccc(C)c1)C1CN(C(=O)[C@@H]2CC[C@H](N)C2)CCO1. The van der Waals surface area contributed by atoms with E-state index in [-0.39, 0.29) is 36.8 Å². The Hall–Kier alpha value is -3.01. The van der Waals surface area contributed by atoms with Crippen LogP contribution in [0.5, 0.6) is 0 Å². The van der Waals surface area contributed by atoms with Crippen molar-refractivity contribution in [3.63, 3.8) is 0 Å². The minimum atomic E-state index is -0.674. The fourth-order valence-electron chi connectivity index (χ4n) is 5.25. The van der Waals surface area contributed by atoms with E-state index in [4.69, 9.17) is 15.2 Å². The highest BCUT2D eigenvalue weighted by atomic mass is 19.1. The second-order valence-corrected chi connectivity index (χ2v) is 9.75. The number of carbonyl (C=O) groups excluding carboxylic acids is 2. The molecule has 0 radical (unpaired) electrons. The third kappa shape index (κ3) is 6.66. The summed E-state index contributed by atoms with van der Waals surface area (Å²) in [5.41, 5.74) is 8.86. The molecule has 0 spiro atoms. The van der Waals surface area contributed by atoms with E-state index in [0.717, 1.165) is 24.0 Å². The maximum Gasteiger partial charge on any atom is 0.406 e. The Morgan fingerprint density at radius 3 is 2.78 bits per heavy atom. The molecule has 2 fully saturated rings. The molecule has 1 aliphatic heterocycles. The number of rotatable bonds is 8. The number of hydrogen-bond donors (Lipinski definition) is 2. The molecular weight excluding hydrogens is 477 g/mol. The molecule has 3 N–H and O–H groups in total. The lowest BCUT2D eigenvalue weighted by Crippen LogP contribution is -2.50. The van der Waals surface area contributed by atoms with Crippen molar-refractivity contribution >= 4 is 12.0 Å². The van der Waals surface area contributed by atoms with E-state index >= 15 is 4.39 Å². The van der Waals surface area contributed by atoms with Crippen molar-refractivity contribution in [1.82, 2.24) is 10.2 Å². The summed E-state index contributed by atoms with van der Waals surface area (Å²) in [6, 6.07) is 12.6. The summed E-state index contributed by atoms with van der Waals surface area (Å²) < 4.78 is 32.4. The molecule has 1 aliphatic carbocycles. The molecule has 0 bridgehead atoms. The zero-order valence-electron chi connectivity index (χ0n) is 21.5. The molecule has 8 nitrogen and oxygen atoms in total. The highest BCUT2D eigenvalue weighted by Crippen LogP contribution is 2.37. The predicted molar refractivity (Wildman–Crippen MR) is 137 cm³/mol. The summed E-state index contributed by atoms with van der Waals surface area (Å²) in [4.78, 5) is 26.6. The zero-order chi connectivity index (χ0) is 26.4. The van der Waals surface area contributed by atoms with E-state index in [2.05, 4.69) is 10.1 Å². The second-order valence-electron chi connectivity index (χ2n) is 9.75. The number of amides is 2. The third-order valence-electron chi connectivity index (χ3n) is 7.08. The summed E-state index contributed by atoms with van der Waals surface area (Å²) in [6.45, 7) is 3.47. The number of methoxy groups -OCH3 is 1. The van der Waals surface area contributed by atoms with Gasteiger partial charge in [-0.05, 0) is 43.4 Å². The largest absolute Gasteiger partial charge is 0.453 e. The van der Waals surface area contributed by atoms with Gasteiger partial charge in [0.2, 0.25) is 5.91 Å². The lowest BCUT2D eigenvalue weighted by molar-refractivity contribution is -0.152. The van der Waals surface area contributed by atoms with E-state index < -0.39 is 18.3 Å². The van der Waals surface area contributed by atoms with Gasteiger partial charge in [0.05, 0.1) is 20.3 Å². The molecule has 2 aliphatic rings. The van der Waals surface area contributed by atoms with E-state index in [1.165, 1.54) is 13.2 Å². The van der Waals surface area contributed by atoms with Gasteiger partial charge in [-0.3, -0.25) is 4.79 Å². The number of aryl methyl sites for hydroxylation is 1. The van der Waals surface area contributed by atoms with Crippen LogP contribution in [0.2, 0.25) is 0 Å². The van der Waals surface area contributed by atoms with Gasteiger partial charge >= 0.3 is 6.09 Å². The summed E-state index contributed by atoms with van der Waals surface area (Å²) in [5, 5.41) is 2.60. The van der Waals surface area contributed by atoms with Gasteiger partial charge in [0.15, 0.2) is 0 Å². The van der Waals surface area contributed by atoms with E-state index in [1.807, 2.05) is 42.2 Å².